The van der Waals surface area contributed by atoms with Crippen molar-refractivity contribution in [2.45, 2.75) is 78.0 Å². The molecule has 0 saturated heterocycles. The first kappa shape index (κ1) is 23.5. The van der Waals surface area contributed by atoms with Crippen molar-refractivity contribution in [1.82, 2.24) is 4.98 Å². The van der Waals surface area contributed by atoms with Crippen molar-refractivity contribution in [3.8, 4) is 0 Å². The van der Waals surface area contributed by atoms with Crippen LogP contribution in [0.5, 0.6) is 0 Å². The second kappa shape index (κ2) is 14.5. The molecule has 0 amide bonds. The molecule has 0 bridgehead atoms. The lowest BCUT2D eigenvalue weighted by Crippen LogP contribution is -1.83. The van der Waals surface area contributed by atoms with Crippen molar-refractivity contribution in [3.63, 3.8) is 0 Å². The predicted octanol–water partition coefficient (Wildman–Crippen LogP) is 8.32. The zero-order valence-corrected chi connectivity index (χ0v) is 18.7. The van der Waals surface area contributed by atoms with Crippen molar-refractivity contribution in [3.05, 3.63) is 71.1 Å². The maximum absolute atomic E-state index is 4.05. The molecule has 27 heavy (non-hydrogen) atoms. The lowest BCUT2D eigenvalue weighted by molar-refractivity contribution is 0.899. The molecule has 0 aliphatic heterocycles. The molecule has 0 atom stereocenters. The summed E-state index contributed by atoms with van der Waals surface area (Å²) in [6.07, 6.45) is 20.2. The third-order valence-corrected chi connectivity index (χ3v) is 5.42. The molecule has 0 fully saturated rings. The van der Waals surface area contributed by atoms with Crippen LogP contribution in [-0.4, -0.2) is 10.7 Å². The van der Waals surface area contributed by atoms with E-state index in [1.807, 2.05) is 24.2 Å². The topological polar surface area (TPSA) is 12.9 Å². The van der Waals surface area contributed by atoms with Crippen molar-refractivity contribution in [2.24, 2.45) is 0 Å². The van der Waals surface area contributed by atoms with Gasteiger partial charge in [-0.2, -0.15) is 0 Å². The number of allylic oxidation sites excluding steroid dienone is 7. The molecule has 0 N–H and O–H groups in total. The summed E-state index contributed by atoms with van der Waals surface area (Å²) in [5.41, 5.74) is 5.94. The summed E-state index contributed by atoms with van der Waals surface area (Å²) in [5.74, 6) is 1.04. The van der Waals surface area contributed by atoms with Crippen LogP contribution in [0.1, 0.15) is 73.1 Å². The molecule has 2 heteroatoms. The van der Waals surface area contributed by atoms with Crippen molar-refractivity contribution >= 4 is 11.8 Å². The average molecular weight is 384 g/mol. The Kier molecular flexibility index (Phi) is 12.6. The van der Waals surface area contributed by atoms with E-state index in [1.165, 1.54) is 52.9 Å². The van der Waals surface area contributed by atoms with Crippen LogP contribution in [0.4, 0.5) is 0 Å². The van der Waals surface area contributed by atoms with Crippen LogP contribution in [0.25, 0.3) is 0 Å². The van der Waals surface area contributed by atoms with Gasteiger partial charge in [-0.3, -0.25) is 4.98 Å². The van der Waals surface area contributed by atoms with Gasteiger partial charge in [-0.05, 0) is 85.3 Å². The molecule has 1 nitrogen and oxygen atoms in total. The number of aromatic nitrogens is 1. The minimum absolute atomic E-state index is 1.04. The Bertz CT molecular complexity index is 646. The Morgan fingerprint density at radius 2 is 1.22 bits per heavy atom. The summed E-state index contributed by atoms with van der Waals surface area (Å²) in [6.45, 7) is 11.1. The molecule has 148 valence electrons. The second-order valence-electron chi connectivity index (χ2n) is 7.54. The normalized spacial score (nSPS) is 13.0. The van der Waals surface area contributed by atoms with E-state index in [9.17, 15) is 0 Å². The maximum Gasteiger partial charge on any atom is 0.0278 e. The molecule has 0 spiro atoms. The molecule has 0 aliphatic rings. The summed E-state index contributed by atoms with van der Waals surface area (Å²) in [4.78, 5) is 5.34. The van der Waals surface area contributed by atoms with Crippen molar-refractivity contribution < 1.29 is 0 Å². The van der Waals surface area contributed by atoms with Crippen LogP contribution < -0.4 is 0 Å². The monoisotopic (exact) mass is 383 g/mol. The standard InChI is InChI=1S/C25H37NS/c1-21(2)9-6-10-22(3)11-7-12-23(4)13-8-14-24(5)17-20-27-25-15-18-26-19-16-25/h9,11,13,15-19H,6-8,10,12,14,20H2,1-5H3. The van der Waals surface area contributed by atoms with E-state index >= 15 is 0 Å². The third-order valence-electron chi connectivity index (χ3n) is 4.49. The number of nitrogens with zero attached hydrogens (tertiary/aromatic N) is 1. The van der Waals surface area contributed by atoms with Gasteiger partial charge >= 0.3 is 0 Å². The highest BCUT2D eigenvalue weighted by molar-refractivity contribution is 7.99. The van der Waals surface area contributed by atoms with E-state index in [1.54, 1.807) is 0 Å². The van der Waals surface area contributed by atoms with Crippen molar-refractivity contribution in [1.29, 1.82) is 0 Å². The summed E-state index contributed by atoms with van der Waals surface area (Å²) in [5, 5.41) is 0. The Balaban J connectivity index is 2.21. The largest absolute Gasteiger partial charge is 0.265 e. The van der Waals surface area contributed by atoms with Crippen molar-refractivity contribution in [2.75, 3.05) is 5.75 Å². The van der Waals surface area contributed by atoms with Gasteiger partial charge in [0.25, 0.3) is 0 Å². The highest BCUT2D eigenvalue weighted by Crippen LogP contribution is 2.18. The van der Waals surface area contributed by atoms with E-state index in [0.29, 0.717) is 0 Å². The fourth-order valence-electron chi connectivity index (χ4n) is 2.70. The number of thioether (sulfide) groups is 1. The molecule has 0 saturated carbocycles. The van der Waals surface area contributed by atoms with E-state index in [4.69, 9.17) is 0 Å². The number of rotatable bonds is 12. The predicted molar refractivity (Wildman–Crippen MR) is 123 cm³/mol. The molecule has 0 radical (unpaired) electrons. The van der Waals surface area contributed by atoms with Crippen LogP contribution in [0, 0.1) is 0 Å². The van der Waals surface area contributed by atoms with E-state index in [-0.39, 0.29) is 0 Å². The Labute approximate surface area is 171 Å². The number of hydrogen-bond donors (Lipinski definition) is 0. The van der Waals surface area contributed by atoms with Crippen LogP contribution in [0.2, 0.25) is 0 Å². The average Bonchev–Trinajstić information content (AvgIpc) is 2.62. The van der Waals surface area contributed by atoms with Crippen LogP contribution in [-0.2, 0) is 0 Å². The van der Waals surface area contributed by atoms with Gasteiger partial charge in [0.15, 0.2) is 0 Å². The SMILES string of the molecule is CC(C)=CCCC(C)=CCCC(C)=CCCC(C)=CCSc1ccncc1. The van der Waals surface area contributed by atoms with Gasteiger partial charge in [0.1, 0.15) is 0 Å². The molecule has 0 aliphatic carbocycles. The molecule has 0 unspecified atom stereocenters. The zero-order valence-electron chi connectivity index (χ0n) is 17.9. The minimum atomic E-state index is 1.04. The van der Waals surface area contributed by atoms with Crippen LogP contribution >= 0.6 is 11.8 Å². The smallest absolute Gasteiger partial charge is 0.0278 e. The maximum atomic E-state index is 4.05. The summed E-state index contributed by atoms with van der Waals surface area (Å²) in [6, 6.07) is 4.13. The van der Waals surface area contributed by atoms with E-state index in [2.05, 4.69) is 76.0 Å². The molecular weight excluding hydrogens is 346 g/mol. The second-order valence-corrected chi connectivity index (χ2v) is 8.64. The highest BCUT2D eigenvalue weighted by Gasteiger charge is 1.95. The molecular formula is C25H37NS. The molecule has 1 aromatic rings. The fraction of sp³-hybridized carbons (Fsp3) is 0.480. The first-order valence-electron chi connectivity index (χ1n) is 10.1. The van der Waals surface area contributed by atoms with Gasteiger partial charge in [-0.25, -0.2) is 0 Å². The Morgan fingerprint density at radius 3 is 1.74 bits per heavy atom. The van der Waals surface area contributed by atoms with Gasteiger partial charge in [0.2, 0.25) is 0 Å². The van der Waals surface area contributed by atoms with Gasteiger partial charge in [-0.1, -0.05) is 46.6 Å². The Morgan fingerprint density at radius 1 is 0.741 bits per heavy atom. The first-order valence-corrected chi connectivity index (χ1v) is 11.1. The highest BCUT2D eigenvalue weighted by atomic mass is 32.2. The molecule has 1 heterocycles. The van der Waals surface area contributed by atoms with Gasteiger partial charge in [0.05, 0.1) is 0 Å². The molecule has 0 aromatic carbocycles. The minimum Gasteiger partial charge on any atom is -0.265 e. The van der Waals surface area contributed by atoms with Crippen LogP contribution in [0.15, 0.2) is 76.0 Å². The summed E-state index contributed by atoms with van der Waals surface area (Å²) < 4.78 is 0. The van der Waals surface area contributed by atoms with Gasteiger partial charge < -0.3 is 0 Å². The first-order chi connectivity index (χ1) is 13.0. The zero-order chi connectivity index (χ0) is 19.9. The lowest BCUT2D eigenvalue weighted by atomic mass is 10.0. The van der Waals surface area contributed by atoms with Crippen LogP contribution in [0.3, 0.4) is 0 Å². The number of pyridine rings is 1. The summed E-state index contributed by atoms with van der Waals surface area (Å²) in [7, 11) is 0. The third kappa shape index (κ3) is 13.3. The quantitative estimate of drug-likeness (QED) is 0.266. The van der Waals surface area contributed by atoms with E-state index < -0.39 is 0 Å². The van der Waals surface area contributed by atoms with Gasteiger partial charge in [-0.15, -0.1) is 11.8 Å². The number of hydrogen-bond acceptors (Lipinski definition) is 2. The van der Waals surface area contributed by atoms with E-state index in [0.717, 1.165) is 18.6 Å². The fourth-order valence-corrected chi connectivity index (χ4v) is 3.58. The molecule has 1 aromatic heterocycles. The summed E-state index contributed by atoms with van der Waals surface area (Å²) >= 11 is 1.87. The van der Waals surface area contributed by atoms with Gasteiger partial charge in [0, 0.05) is 23.0 Å². The Hall–Kier alpha value is -1.54. The lowest BCUT2D eigenvalue weighted by Gasteiger charge is -2.03. The molecule has 1 rings (SSSR count).